The van der Waals surface area contributed by atoms with Crippen molar-refractivity contribution in [3.05, 3.63) is 72.6 Å². The van der Waals surface area contributed by atoms with Crippen LogP contribution in [0.5, 0.6) is 5.75 Å². The fourth-order valence-electron chi connectivity index (χ4n) is 5.28. The van der Waals surface area contributed by atoms with Crippen LogP contribution in [0, 0.1) is 11.6 Å². The third-order valence-corrected chi connectivity index (χ3v) is 7.51. The van der Waals surface area contributed by atoms with E-state index >= 15 is 0 Å². The Morgan fingerprint density at radius 2 is 1.90 bits per heavy atom. The number of nitrogens with zero attached hydrogens (tertiary/aromatic N) is 5. The number of methoxy groups -OCH3 is 1. The normalized spacial score (nSPS) is 17.4. The van der Waals surface area contributed by atoms with Gasteiger partial charge >= 0.3 is 0 Å². The molecule has 42 heavy (non-hydrogen) atoms. The summed E-state index contributed by atoms with van der Waals surface area (Å²) in [7, 11) is 1.58. The average molecular weight is 580 g/mol. The number of anilines is 5. The van der Waals surface area contributed by atoms with Crippen molar-refractivity contribution in [2.45, 2.75) is 32.4 Å². The van der Waals surface area contributed by atoms with Crippen LogP contribution in [0.15, 0.2) is 55.4 Å². The van der Waals surface area contributed by atoms with Gasteiger partial charge in [-0.2, -0.15) is 0 Å². The molecule has 222 valence electrons. The first-order valence-electron chi connectivity index (χ1n) is 13.9. The predicted molar refractivity (Wildman–Crippen MR) is 158 cm³/mol. The van der Waals surface area contributed by atoms with Crippen molar-refractivity contribution in [2.75, 3.05) is 60.5 Å². The third kappa shape index (κ3) is 6.29. The second-order valence-corrected chi connectivity index (χ2v) is 10.4. The van der Waals surface area contributed by atoms with Crippen molar-refractivity contribution in [1.29, 1.82) is 0 Å². The topological polar surface area (TPSA) is 95.1 Å². The number of hydrogen-bond donors (Lipinski definition) is 2. The fourth-order valence-corrected chi connectivity index (χ4v) is 5.28. The summed E-state index contributed by atoms with van der Waals surface area (Å²) in [6.45, 7) is 11.7. The van der Waals surface area contributed by atoms with Crippen LogP contribution in [-0.4, -0.2) is 66.7 Å². The molecule has 0 spiro atoms. The minimum absolute atomic E-state index is 0.316. The van der Waals surface area contributed by atoms with Crippen LogP contribution in [0.1, 0.15) is 31.9 Å². The molecule has 10 nitrogen and oxygen atoms in total. The molecule has 1 atom stereocenters. The zero-order valence-electron chi connectivity index (χ0n) is 23.9. The smallest absolute Gasteiger partial charge is 0.247 e. The summed E-state index contributed by atoms with van der Waals surface area (Å²) in [6, 6.07) is 8.85. The number of amides is 1. The van der Waals surface area contributed by atoms with Gasteiger partial charge in [-0.05, 0) is 32.1 Å². The molecule has 2 saturated heterocycles. The number of halogens is 2. The Bertz CT molecular complexity index is 1450. The van der Waals surface area contributed by atoms with Gasteiger partial charge in [0, 0.05) is 62.4 Å². The van der Waals surface area contributed by atoms with E-state index in [9.17, 15) is 13.6 Å². The number of carbonyl (C=O) groups excluding carboxylic acids is 1. The van der Waals surface area contributed by atoms with Gasteiger partial charge in [-0.3, -0.25) is 14.5 Å². The predicted octanol–water partition coefficient (Wildman–Crippen LogP) is 5.04. The van der Waals surface area contributed by atoms with E-state index in [2.05, 4.69) is 50.8 Å². The second-order valence-electron chi connectivity index (χ2n) is 10.4. The Morgan fingerprint density at radius 3 is 2.60 bits per heavy atom. The van der Waals surface area contributed by atoms with Gasteiger partial charge in [0.05, 0.1) is 36.8 Å². The summed E-state index contributed by atoms with van der Waals surface area (Å²) in [6.07, 6.45) is 3.10. The number of ether oxygens (including phenoxy) is 1. The summed E-state index contributed by atoms with van der Waals surface area (Å²) in [5.74, 6) is -0.243. The molecular weight excluding hydrogens is 544 g/mol. The van der Waals surface area contributed by atoms with Crippen molar-refractivity contribution < 1.29 is 23.1 Å². The molecule has 2 aromatic carbocycles. The van der Waals surface area contributed by atoms with Gasteiger partial charge in [-0.25, -0.2) is 23.8 Å². The first-order chi connectivity index (χ1) is 20.3. The van der Waals surface area contributed by atoms with Crippen LogP contribution in [0.3, 0.4) is 0 Å². The maximum atomic E-state index is 14.6. The maximum Gasteiger partial charge on any atom is 0.247 e. The van der Waals surface area contributed by atoms with Crippen LogP contribution in [0.2, 0.25) is 0 Å². The average Bonchev–Trinajstić information content (AvgIpc) is 3.47. The number of hydrogen-bond acceptors (Lipinski definition) is 9. The molecule has 12 heteroatoms. The van der Waals surface area contributed by atoms with Crippen molar-refractivity contribution in [2.24, 2.45) is 0 Å². The van der Waals surface area contributed by atoms with Crippen molar-refractivity contribution in [1.82, 2.24) is 14.9 Å². The lowest BCUT2D eigenvalue weighted by molar-refractivity contribution is -0.111. The van der Waals surface area contributed by atoms with Crippen LogP contribution in [0.4, 0.5) is 37.5 Å². The minimum atomic E-state index is -0.646. The number of aromatic nitrogens is 2. The third-order valence-electron chi connectivity index (χ3n) is 7.51. The molecular formula is C30H35F2N7O3. The van der Waals surface area contributed by atoms with Crippen molar-refractivity contribution >= 4 is 34.6 Å². The van der Waals surface area contributed by atoms with Crippen molar-refractivity contribution in [3.63, 3.8) is 0 Å². The zero-order valence-corrected chi connectivity index (χ0v) is 23.9. The van der Waals surface area contributed by atoms with E-state index in [-0.39, 0.29) is 5.91 Å². The van der Waals surface area contributed by atoms with Crippen LogP contribution < -0.4 is 25.3 Å². The number of carbonyl (C=O) groups is 1. The number of benzene rings is 2. The molecule has 0 saturated carbocycles. The maximum absolute atomic E-state index is 14.6. The van der Waals surface area contributed by atoms with E-state index < -0.39 is 17.7 Å². The number of nitrogens with one attached hydrogen (secondary N) is 2. The molecule has 2 fully saturated rings. The van der Waals surface area contributed by atoms with Gasteiger partial charge in [0.1, 0.15) is 29.5 Å². The lowest BCUT2D eigenvalue weighted by Gasteiger charge is -2.39. The van der Waals surface area contributed by atoms with Crippen LogP contribution >= 0.6 is 0 Å². The number of piperazine rings is 1. The quantitative estimate of drug-likeness (QED) is 0.338. The highest BCUT2D eigenvalue weighted by Crippen LogP contribution is 2.40. The standard InChI is InChI=1S/C30H35F2N7O3/c1-5-30(40)36-23-15-24(27(41-4)16-26(23)38-11-9-37(10-12-38)19(2)3)35-28-17-29(34-18-33-28)39-25(8-13-42-39)21-7-6-20(31)14-22(21)32/h5-7,14-19,25H,1,8-13H2,2-4H3,(H,36,40)(H,33,34,35)/t25-/m1/s1. The molecule has 5 rings (SSSR count). The molecule has 0 aliphatic carbocycles. The van der Waals surface area contributed by atoms with E-state index in [1.165, 1.54) is 29.6 Å². The van der Waals surface area contributed by atoms with Gasteiger partial charge in [0.2, 0.25) is 5.91 Å². The molecule has 2 N–H and O–H groups in total. The largest absolute Gasteiger partial charge is 0.494 e. The second kappa shape index (κ2) is 12.7. The Kier molecular flexibility index (Phi) is 8.83. The number of rotatable bonds is 9. The molecule has 0 unspecified atom stereocenters. The van der Waals surface area contributed by atoms with Gasteiger partial charge in [-0.1, -0.05) is 12.6 Å². The molecule has 2 aliphatic heterocycles. The van der Waals surface area contributed by atoms with E-state index in [0.717, 1.165) is 37.9 Å². The van der Waals surface area contributed by atoms with Gasteiger partial charge in [0.25, 0.3) is 0 Å². The highest BCUT2D eigenvalue weighted by Gasteiger charge is 2.31. The Labute approximate surface area is 243 Å². The van der Waals surface area contributed by atoms with Gasteiger partial charge in [-0.15, -0.1) is 0 Å². The summed E-state index contributed by atoms with van der Waals surface area (Å²) < 4.78 is 33.8. The highest BCUT2D eigenvalue weighted by molar-refractivity contribution is 6.02. The molecule has 1 amide bonds. The monoisotopic (exact) mass is 579 g/mol. The van der Waals surface area contributed by atoms with Gasteiger partial charge < -0.3 is 20.3 Å². The van der Waals surface area contributed by atoms with Crippen LogP contribution in [0.25, 0.3) is 0 Å². The van der Waals surface area contributed by atoms with Gasteiger partial charge in [0.15, 0.2) is 5.82 Å². The van der Waals surface area contributed by atoms with E-state index in [4.69, 9.17) is 9.57 Å². The van der Waals surface area contributed by atoms with Crippen LogP contribution in [-0.2, 0) is 9.63 Å². The lowest BCUT2D eigenvalue weighted by Crippen LogP contribution is -2.49. The van der Waals surface area contributed by atoms with E-state index in [1.807, 2.05) is 6.07 Å². The fraction of sp³-hybridized carbons (Fsp3) is 0.367. The highest BCUT2D eigenvalue weighted by atomic mass is 19.1. The van der Waals surface area contributed by atoms with E-state index in [1.54, 1.807) is 19.2 Å². The Morgan fingerprint density at radius 1 is 1.12 bits per heavy atom. The first-order valence-corrected chi connectivity index (χ1v) is 13.9. The SMILES string of the molecule is C=CC(=O)Nc1cc(Nc2cc(N3OCC[C@@H]3c3ccc(F)cc3F)ncn2)c(OC)cc1N1CCN(C(C)C)CC1. The van der Waals surface area contributed by atoms with Crippen molar-refractivity contribution in [3.8, 4) is 5.75 Å². The molecule has 3 aromatic rings. The molecule has 0 radical (unpaired) electrons. The zero-order chi connectivity index (χ0) is 29.8. The minimum Gasteiger partial charge on any atom is -0.494 e. The Hall–Kier alpha value is -4.29. The molecule has 2 aliphatic rings. The molecule has 1 aromatic heterocycles. The summed E-state index contributed by atoms with van der Waals surface area (Å²) in [4.78, 5) is 31.5. The molecule has 3 heterocycles. The summed E-state index contributed by atoms with van der Waals surface area (Å²) >= 11 is 0. The summed E-state index contributed by atoms with van der Waals surface area (Å²) in [5.41, 5.74) is 2.32. The lowest BCUT2D eigenvalue weighted by atomic mass is 10.0. The van der Waals surface area contributed by atoms with E-state index in [0.29, 0.717) is 53.4 Å². The Balaban J connectivity index is 1.43. The first kappa shape index (κ1) is 29.2. The summed E-state index contributed by atoms with van der Waals surface area (Å²) in [5, 5.41) is 7.70. The number of hydroxylamine groups is 1. The molecule has 0 bridgehead atoms.